The fourth-order valence-corrected chi connectivity index (χ4v) is 1.42. The van der Waals surface area contributed by atoms with E-state index in [2.05, 4.69) is 0 Å². The molecule has 0 fully saturated rings. The minimum absolute atomic E-state index is 0.0210. The summed E-state index contributed by atoms with van der Waals surface area (Å²) < 4.78 is 5.08. The topological polar surface area (TPSA) is 63.6 Å². The average molecular weight is 222 g/mol. The predicted molar refractivity (Wildman–Crippen MR) is 57.8 cm³/mol. The van der Waals surface area contributed by atoms with Gasteiger partial charge in [0.05, 0.1) is 0 Å². The first-order valence-electron chi connectivity index (χ1n) is 5.03. The molecular weight excluding hydrogens is 208 g/mol. The molecule has 86 valence electrons. The molecule has 0 amide bonds. The molecule has 1 N–H and O–H groups in total. The second-order valence-electron chi connectivity index (χ2n) is 3.44. The summed E-state index contributed by atoms with van der Waals surface area (Å²) in [4.78, 5) is 21.4. The summed E-state index contributed by atoms with van der Waals surface area (Å²) in [5, 5.41) is 8.60. The summed E-state index contributed by atoms with van der Waals surface area (Å²) >= 11 is 0. The molecule has 1 unspecified atom stereocenters. The summed E-state index contributed by atoms with van der Waals surface area (Å²) in [6.07, 6.45) is -0.207. The Morgan fingerprint density at radius 2 is 1.94 bits per heavy atom. The Hall–Kier alpha value is -1.84. The Morgan fingerprint density at radius 1 is 1.31 bits per heavy atom. The quantitative estimate of drug-likeness (QED) is 0.775. The van der Waals surface area contributed by atoms with Gasteiger partial charge in [0, 0.05) is 13.3 Å². The first kappa shape index (κ1) is 12.2. The first-order valence-corrected chi connectivity index (χ1v) is 5.03. The monoisotopic (exact) mass is 222 g/mol. The van der Waals surface area contributed by atoms with Crippen LogP contribution in [0.25, 0.3) is 0 Å². The van der Waals surface area contributed by atoms with E-state index in [4.69, 9.17) is 9.84 Å². The van der Waals surface area contributed by atoms with Crippen molar-refractivity contribution >= 4 is 11.9 Å². The summed E-state index contributed by atoms with van der Waals surface area (Å²) in [6, 6.07) is 9.13. The number of hydrogen-bond acceptors (Lipinski definition) is 3. The molecule has 1 rings (SSSR count). The summed E-state index contributed by atoms with van der Waals surface area (Å²) in [7, 11) is 0. The van der Waals surface area contributed by atoms with Crippen LogP contribution in [0.4, 0.5) is 0 Å². The molecule has 0 heterocycles. The molecule has 4 nitrogen and oxygen atoms in total. The lowest BCUT2D eigenvalue weighted by atomic mass is 10.0. The van der Waals surface area contributed by atoms with Crippen LogP contribution in [0.1, 0.15) is 31.4 Å². The van der Waals surface area contributed by atoms with Crippen molar-refractivity contribution in [2.45, 2.75) is 25.9 Å². The number of carboxylic acid groups (broad SMARTS) is 1. The molecule has 1 atom stereocenters. The Labute approximate surface area is 93.9 Å². The Bertz CT molecular complexity index is 359. The molecule has 0 radical (unpaired) electrons. The number of aliphatic carboxylic acids is 1. The normalized spacial score (nSPS) is 11.8. The SMILES string of the molecule is CC(=O)OC(CCC(=O)O)c1ccccc1. The zero-order valence-corrected chi connectivity index (χ0v) is 9.05. The molecule has 0 aromatic heterocycles. The molecule has 16 heavy (non-hydrogen) atoms. The van der Waals surface area contributed by atoms with E-state index in [1.807, 2.05) is 30.3 Å². The molecule has 0 aliphatic rings. The van der Waals surface area contributed by atoms with Crippen LogP contribution in [0, 0.1) is 0 Å². The summed E-state index contributed by atoms with van der Waals surface area (Å²) in [5.41, 5.74) is 0.818. The van der Waals surface area contributed by atoms with Gasteiger partial charge in [0.25, 0.3) is 0 Å². The number of carbonyl (C=O) groups is 2. The second kappa shape index (κ2) is 5.90. The van der Waals surface area contributed by atoms with Crippen LogP contribution in [-0.4, -0.2) is 17.0 Å². The van der Waals surface area contributed by atoms with Crippen LogP contribution >= 0.6 is 0 Å². The number of carboxylic acids is 1. The molecule has 0 saturated heterocycles. The van der Waals surface area contributed by atoms with Crippen molar-refractivity contribution in [2.75, 3.05) is 0 Å². The van der Waals surface area contributed by atoms with E-state index in [9.17, 15) is 9.59 Å². The number of hydrogen-bond donors (Lipinski definition) is 1. The number of rotatable bonds is 5. The lowest BCUT2D eigenvalue weighted by Crippen LogP contribution is -2.10. The van der Waals surface area contributed by atoms with Crippen molar-refractivity contribution < 1.29 is 19.4 Å². The van der Waals surface area contributed by atoms with Crippen LogP contribution in [-0.2, 0) is 14.3 Å². The average Bonchev–Trinajstić information content (AvgIpc) is 2.25. The minimum Gasteiger partial charge on any atom is -0.481 e. The minimum atomic E-state index is -0.895. The van der Waals surface area contributed by atoms with E-state index in [0.717, 1.165) is 5.56 Å². The van der Waals surface area contributed by atoms with Crippen LogP contribution in [0.2, 0.25) is 0 Å². The molecule has 0 spiro atoms. The number of ether oxygens (including phenoxy) is 1. The van der Waals surface area contributed by atoms with Gasteiger partial charge in [0.1, 0.15) is 6.10 Å². The first-order chi connectivity index (χ1) is 7.59. The zero-order valence-electron chi connectivity index (χ0n) is 9.05. The van der Waals surface area contributed by atoms with Gasteiger partial charge < -0.3 is 9.84 Å². The van der Waals surface area contributed by atoms with Crippen molar-refractivity contribution in [2.24, 2.45) is 0 Å². The van der Waals surface area contributed by atoms with Crippen molar-refractivity contribution in [3.05, 3.63) is 35.9 Å². The molecule has 0 bridgehead atoms. The molecular formula is C12H14O4. The lowest BCUT2D eigenvalue weighted by Gasteiger charge is -2.16. The van der Waals surface area contributed by atoms with Crippen molar-refractivity contribution in [1.29, 1.82) is 0 Å². The van der Waals surface area contributed by atoms with Gasteiger partial charge in [-0.3, -0.25) is 9.59 Å². The van der Waals surface area contributed by atoms with Crippen molar-refractivity contribution in [3.63, 3.8) is 0 Å². The van der Waals surface area contributed by atoms with Gasteiger partial charge >= 0.3 is 11.9 Å². The maximum atomic E-state index is 10.9. The maximum absolute atomic E-state index is 10.9. The highest BCUT2D eigenvalue weighted by Gasteiger charge is 2.15. The third-order valence-corrected chi connectivity index (χ3v) is 2.10. The van der Waals surface area contributed by atoms with Gasteiger partial charge in [0.2, 0.25) is 0 Å². The highest BCUT2D eigenvalue weighted by Crippen LogP contribution is 2.22. The van der Waals surface area contributed by atoms with Gasteiger partial charge in [-0.1, -0.05) is 30.3 Å². The van der Waals surface area contributed by atoms with E-state index in [1.54, 1.807) is 0 Å². The lowest BCUT2D eigenvalue weighted by molar-refractivity contribution is -0.149. The van der Waals surface area contributed by atoms with Gasteiger partial charge in [-0.15, -0.1) is 0 Å². The van der Waals surface area contributed by atoms with Gasteiger partial charge in [-0.2, -0.15) is 0 Å². The Morgan fingerprint density at radius 3 is 2.44 bits per heavy atom. The highest BCUT2D eigenvalue weighted by molar-refractivity contribution is 5.67. The summed E-state index contributed by atoms with van der Waals surface area (Å²) in [6.45, 7) is 1.32. The fraction of sp³-hybridized carbons (Fsp3) is 0.333. The second-order valence-corrected chi connectivity index (χ2v) is 3.44. The Balaban J connectivity index is 2.71. The standard InChI is InChI=1S/C12H14O4/c1-9(13)16-11(7-8-12(14)15)10-5-3-2-4-6-10/h2-6,11H,7-8H2,1H3,(H,14,15). The van der Waals surface area contributed by atoms with Gasteiger partial charge in [0.15, 0.2) is 0 Å². The highest BCUT2D eigenvalue weighted by atomic mass is 16.5. The zero-order chi connectivity index (χ0) is 12.0. The molecule has 4 heteroatoms. The van der Waals surface area contributed by atoms with E-state index < -0.39 is 18.0 Å². The molecule has 1 aromatic carbocycles. The molecule has 0 saturated carbocycles. The van der Waals surface area contributed by atoms with E-state index >= 15 is 0 Å². The van der Waals surface area contributed by atoms with E-state index in [-0.39, 0.29) is 6.42 Å². The predicted octanol–water partition coefficient (Wildman–Crippen LogP) is 2.16. The van der Waals surface area contributed by atoms with Crippen molar-refractivity contribution in [1.82, 2.24) is 0 Å². The van der Waals surface area contributed by atoms with Crippen LogP contribution in [0.15, 0.2) is 30.3 Å². The van der Waals surface area contributed by atoms with Gasteiger partial charge in [-0.25, -0.2) is 0 Å². The van der Waals surface area contributed by atoms with Crippen LogP contribution < -0.4 is 0 Å². The van der Waals surface area contributed by atoms with E-state index in [1.165, 1.54) is 6.92 Å². The fourth-order valence-electron chi connectivity index (χ4n) is 1.42. The number of esters is 1. The summed E-state index contributed by atoms with van der Waals surface area (Å²) in [5.74, 6) is -1.30. The smallest absolute Gasteiger partial charge is 0.303 e. The largest absolute Gasteiger partial charge is 0.481 e. The third-order valence-electron chi connectivity index (χ3n) is 2.10. The van der Waals surface area contributed by atoms with Gasteiger partial charge in [-0.05, 0) is 12.0 Å². The van der Waals surface area contributed by atoms with Crippen LogP contribution in [0.3, 0.4) is 0 Å². The number of benzene rings is 1. The molecule has 1 aromatic rings. The molecule has 0 aliphatic carbocycles. The molecule has 0 aliphatic heterocycles. The van der Waals surface area contributed by atoms with Crippen LogP contribution in [0.5, 0.6) is 0 Å². The van der Waals surface area contributed by atoms with E-state index in [0.29, 0.717) is 6.42 Å². The number of carbonyl (C=O) groups excluding carboxylic acids is 1. The third kappa shape index (κ3) is 4.13. The van der Waals surface area contributed by atoms with Crippen molar-refractivity contribution in [3.8, 4) is 0 Å². The maximum Gasteiger partial charge on any atom is 0.303 e. The Kier molecular flexibility index (Phi) is 4.51.